The SMILES string of the molecule is Cc1ccc(/C=C/c2c(C#N)c(C)[nH]c(=O)c2[N+](=O)[O-])cc1. The molecule has 0 saturated heterocycles. The first-order chi connectivity index (χ1) is 10.4. The van der Waals surface area contributed by atoms with E-state index in [-0.39, 0.29) is 11.1 Å². The Morgan fingerprint density at radius 1 is 1.23 bits per heavy atom. The van der Waals surface area contributed by atoms with Crippen LogP contribution in [0, 0.1) is 35.3 Å². The maximum atomic E-state index is 11.8. The van der Waals surface area contributed by atoms with Gasteiger partial charge in [0.25, 0.3) is 0 Å². The standard InChI is InChI=1S/C16H13N3O3/c1-10-3-5-12(6-4-10)7-8-13-14(9-17)11(2)18-16(20)15(13)19(21)22/h3-8H,1-2H3,(H,18,20)/b8-7+. The maximum Gasteiger partial charge on any atom is 0.342 e. The van der Waals surface area contributed by atoms with E-state index in [1.54, 1.807) is 6.08 Å². The van der Waals surface area contributed by atoms with Gasteiger partial charge in [0, 0.05) is 5.69 Å². The zero-order chi connectivity index (χ0) is 16.3. The van der Waals surface area contributed by atoms with Crippen LogP contribution in [0.25, 0.3) is 12.2 Å². The van der Waals surface area contributed by atoms with Gasteiger partial charge in [0.05, 0.1) is 16.1 Å². The van der Waals surface area contributed by atoms with Crippen LogP contribution in [0.5, 0.6) is 0 Å². The van der Waals surface area contributed by atoms with Crippen LogP contribution in [-0.4, -0.2) is 9.91 Å². The monoisotopic (exact) mass is 295 g/mol. The van der Waals surface area contributed by atoms with E-state index in [0.29, 0.717) is 5.69 Å². The molecule has 6 nitrogen and oxygen atoms in total. The quantitative estimate of drug-likeness (QED) is 0.695. The minimum Gasteiger partial charge on any atom is -0.319 e. The Morgan fingerprint density at radius 2 is 1.86 bits per heavy atom. The van der Waals surface area contributed by atoms with Gasteiger partial charge >= 0.3 is 11.2 Å². The summed E-state index contributed by atoms with van der Waals surface area (Å²) >= 11 is 0. The minimum absolute atomic E-state index is 0.0225. The van der Waals surface area contributed by atoms with Gasteiger partial charge in [0.1, 0.15) is 6.07 Å². The second-order valence-electron chi connectivity index (χ2n) is 4.83. The zero-order valence-electron chi connectivity index (χ0n) is 12.1. The fraction of sp³-hybridized carbons (Fsp3) is 0.125. The first-order valence-electron chi connectivity index (χ1n) is 6.50. The van der Waals surface area contributed by atoms with E-state index in [4.69, 9.17) is 0 Å². The topological polar surface area (TPSA) is 99.8 Å². The molecule has 0 spiro atoms. The summed E-state index contributed by atoms with van der Waals surface area (Å²) in [5.41, 5.74) is 0.899. The highest BCUT2D eigenvalue weighted by Gasteiger charge is 2.22. The van der Waals surface area contributed by atoms with Crippen molar-refractivity contribution in [3.8, 4) is 6.07 Å². The second-order valence-corrected chi connectivity index (χ2v) is 4.83. The molecule has 0 unspecified atom stereocenters. The van der Waals surface area contributed by atoms with Gasteiger partial charge in [-0.05, 0) is 25.5 Å². The van der Waals surface area contributed by atoms with Crippen LogP contribution in [0.15, 0.2) is 29.1 Å². The third-order valence-electron chi connectivity index (χ3n) is 3.23. The molecule has 0 aliphatic heterocycles. The summed E-state index contributed by atoms with van der Waals surface area (Å²) in [6.45, 7) is 3.49. The highest BCUT2D eigenvalue weighted by Crippen LogP contribution is 2.22. The number of benzene rings is 1. The highest BCUT2D eigenvalue weighted by atomic mass is 16.6. The molecule has 1 heterocycles. The summed E-state index contributed by atoms with van der Waals surface area (Å²) in [5, 5.41) is 20.3. The van der Waals surface area contributed by atoms with Gasteiger partial charge in [0.2, 0.25) is 0 Å². The number of nitrogens with zero attached hydrogens (tertiary/aromatic N) is 2. The van der Waals surface area contributed by atoms with Crippen LogP contribution < -0.4 is 5.56 Å². The van der Waals surface area contributed by atoms with E-state index in [1.165, 1.54) is 13.0 Å². The van der Waals surface area contributed by atoms with Crippen LogP contribution in [0.3, 0.4) is 0 Å². The van der Waals surface area contributed by atoms with Gasteiger partial charge in [-0.2, -0.15) is 5.26 Å². The van der Waals surface area contributed by atoms with Gasteiger partial charge in [-0.15, -0.1) is 0 Å². The Bertz CT molecular complexity index is 856. The predicted octanol–water partition coefficient (Wildman–Crippen LogP) is 2.94. The minimum atomic E-state index is -0.815. The number of aromatic nitrogens is 1. The van der Waals surface area contributed by atoms with Gasteiger partial charge in [-0.1, -0.05) is 35.9 Å². The van der Waals surface area contributed by atoms with Crippen LogP contribution in [0.2, 0.25) is 0 Å². The molecule has 6 heteroatoms. The Morgan fingerprint density at radius 3 is 2.41 bits per heavy atom. The summed E-state index contributed by atoms with van der Waals surface area (Å²) in [5.74, 6) is 0. The lowest BCUT2D eigenvalue weighted by molar-refractivity contribution is -0.386. The number of aromatic amines is 1. The Labute approximate surface area is 126 Å². The van der Waals surface area contributed by atoms with E-state index < -0.39 is 16.2 Å². The van der Waals surface area contributed by atoms with Crippen molar-refractivity contribution in [1.82, 2.24) is 4.98 Å². The average molecular weight is 295 g/mol. The van der Waals surface area contributed by atoms with E-state index in [0.717, 1.165) is 11.1 Å². The number of nitro groups is 1. The van der Waals surface area contributed by atoms with E-state index in [9.17, 15) is 20.2 Å². The second kappa shape index (κ2) is 6.06. The van der Waals surface area contributed by atoms with Crippen molar-refractivity contribution >= 4 is 17.8 Å². The van der Waals surface area contributed by atoms with Gasteiger partial charge in [-0.25, -0.2) is 0 Å². The molecule has 0 saturated carbocycles. The number of pyridine rings is 1. The summed E-state index contributed by atoms with van der Waals surface area (Å²) in [6.07, 6.45) is 3.07. The normalized spacial score (nSPS) is 10.6. The molecule has 0 amide bonds. The molecule has 1 aromatic carbocycles. The summed E-state index contributed by atoms with van der Waals surface area (Å²) < 4.78 is 0. The third-order valence-corrected chi connectivity index (χ3v) is 3.23. The van der Waals surface area contributed by atoms with Crippen molar-refractivity contribution in [2.75, 3.05) is 0 Å². The fourth-order valence-corrected chi connectivity index (χ4v) is 2.08. The van der Waals surface area contributed by atoms with Crippen LogP contribution in [-0.2, 0) is 0 Å². The molecule has 0 bridgehead atoms. The lowest BCUT2D eigenvalue weighted by Crippen LogP contribution is -2.16. The van der Waals surface area contributed by atoms with Crippen LogP contribution >= 0.6 is 0 Å². The van der Waals surface area contributed by atoms with Gasteiger partial charge < -0.3 is 4.98 Å². The lowest BCUT2D eigenvalue weighted by atomic mass is 10.0. The molecular weight excluding hydrogens is 282 g/mol. The number of nitriles is 1. The summed E-state index contributed by atoms with van der Waals surface area (Å²) in [4.78, 5) is 24.5. The number of rotatable bonds is 3. The maximum absolute atomic E-state index is 11.8. The highest BCUT2D eigenvalue weighted by molar-refractivity contribution is 5.77. The molecule has 2 aromatic rings. The average Bonchev–Trinajstić information content (AvgIpc) is 2.45. The largest absolute Gasteiger partial charge is 0.342 e. The molecule has 110 valence electrons. The lowest BCUT2D eigenvalue weighted by Gasteiger charge is -2.03. The molecule has 0 aliphatic carbocycles. The molecule has 2 rings (SSSR count). The zero-order valence-corrected chi connectivity index (χ0v) is 12.1. The van der Waals surface area contributed by atoms with Crippen molar-refractivity contribution in [2.45, 2.75) is 13.8 Å². The molecule has 22 heavy (non-hydrogen) atoms. The summed E-state index contributed by atoms with van der Waals surface area (Å²) in [6, 6.07) is 9.42. The Hall–Kier alpha value is -3.20. The molecule has 0 atom stereocenters. The van der Waals surface area contributed by atoms with E-state index >= 15 is 0 Å². The number of aryl methyl sites for hydroxylation is 2. The molecule has 0 radical (unpaired) electrons. The van der Waals surface area contributed by atoms with Crippen LogP contribution in [0.4, 0.5) is 5.69 Å². The number of hydrogen-bond donors (Lipinski definition) is 1. The predicted molar refractivity (Wildman–Crippen MR) is 83.3 cm³/mol. The Balaban J connectivity index is 2.63. The smallest absolute Gasteiger partial charge is 0.319 e. The number of nitrogens with one attached hydrogen (secondary N) is 1. The Kier molecular flexibility index (Phi) is 4.18. The molecular formula is C16H13N3O3. The van der Waals surface area contributed by atoms with Crippen molar-refractivity contribution < 1.29 is 4.92 Å². The van der Waals surface area contributed by atoms with E-state index in [1.807, 2.05) is 37.3 Å². The van der Waals surface area contributed by atoms with Crippen molar-refractivity contribution in [2.24, 2.45) is 0 Å². The number of H-pyrrole nitrogens is 1. The van der Waals surface area contributed by atoms with E-state index in [2.05, 4.69) is 4.98 Å². The van der Waals surface area contributed by atoms with Crippen LogP contribution in [0.1, 0.15) is 27.9 Å². The van der Waals surface area contributed by atoms with Crippen molar-refractivity contribution in [1.29, 1.82) is 5.26 Å². The first-order valence-corrected chi connectivity index (χ1v) is 6.50. The number of hydrogen-bond acceptors (Lipinski definition) is 4. The molecule has 1 aromatic heterocycles. The molecule has 0 fully saturated rings. The fourth-order valence-electron chi connectivity index (χ4n) is 2.08. The van der Waals surface area contributed by atoms with Gasteiger partial charge in [0.15, 0.2) is 0 Å². The third kappa shape index (κ3) is 2.94. The molecule has 0 aliphatic rings. The van der Waals surface area contributed by atoms with Crippen molar-refractivity contribution in [3.05, 3.63) is 72.7 Å². The van der Waals surface area contributed by atoms with Gasteiger partial charge in [-0.3, -0.25) is 14.9 Å². The summed E-state index contributed by atoms with van der Waals surface area (Å²) in [7, 11) is 0. The first kappa shape index (κ1) is 15.2. The van der Waals surface area contributed by atoms with Crippen molar-refractivity contribution in [3.63, 3.8) is 0 Å². The molecule has 1 N–H and O–H groups in total.